The number of thiophene rings is 1. The number of hydrogen-bond acceptors (Lipinski definition) is 5. The highest BCUT2D eigenvalue weighted by Gasteiger charge is 2.15. The third-order valence-electron chi connectivity index (χ3n) is 3.71. The summed E-state index contributed by atoms with van der Waals surface area (Å²) in [6, 6.07) is 14.2. The number of imidazole rings is 1. The fourth-order valence-electron chi connectivity index (χ4n) is 2.56. The molecule has 0 saturated carbocycles. The van der Waals surface area contributed by atoms with E-state index < -0.39 is 0 Å². The number of rotatable bonds is 5. The minimum Gasteiger partial charge on any atom is -0.368 e. The highest BCUT2D eigenvalue weighted by atomic mass is 32.1. The van der Waals surface area contributed by atoms with Crippen LogP contribution in [0.4, 0.5) is 5.82 Å². The van der Waals surface area contributed by atoms with Crippen molar-refractivity contribution < 1.29 is 0 Å². The molecule has 3 aromatic heterocycles. The Hall–Kier alpha value is -2.73. The first-order chi connectivity index (χ1) is 11.9. The highest BCUT2D eigenvalue weighted by molar-refractivity contribution is 7.13. The van der Waals surface area contributed by atoms with Gasteiger partial charge in [0.05, 0.1) is 4.88 Å². The third-order valence-corrected chi connectivity index (χ3v) is 4.58. The first-order valence-electron chi connectivity index (χ1n) is 7.95. The second-order valence-electron chi connectivity index (χ2n) is 5.42. The van der Waals surface area contributed by atoms with E-state index in [1.54, 1.807) is 11.3 Å². The Balaban J connectivity index is 1.92. The molecule has 5 nitrogen and oxygen atoms in total. The zero-order valence-corrected chi connectivity index (χ0v) is 14.1. The molecule has 120 valence electrons. The first kappa shape index (κ1) is 14.8. The van der Waals surface area contributed by atoms with Crippen LogP contribution in [-0.4, -0.2) is 26.1 Å². The van der Waals surface area contributed by atoms with E-state index in [1.165, 1.54) is 0 Å². The minimum atomic E-state index is 0.730. The van der Waals surface area contributed by atoms with Gasteiger partial charge in [0.25, 0.3) is 0 Å². The van der Waals surface area contributed by atoms with Gasteiger partial charge in [-0.25, -0.2) is 15.0 Å². The lowest BCUT2D eigenvalue weighted by Crippen LogP contribution is -2.05. The Morgan fingerprint density at radius 1 is 1.08 bits per heavy atom. The average Bonchev–Trinajstić information content (AvgIpc) is 3.30. The van der Waals surface area contributed by atoms with Crippen LogP contribution < -0.4 is 5.32 Å². The number of hydrogen-bond donors (Lipinski definition) is 1. The van der Waals surface area contributed by atoms with Gasteiger partial charge in [-0.3, -0.25) is 4.57 Å². The van der Waals surface area contributed by atoms with E-state index in [0.29, 0.717) is 0 Å². The van der Waals surface area contributed by atoms with Gasteiger partial charge in [-0.15, -0.1) is 11.3 Å². The van der Waals surface area contributed by atoms with Gasteiger partial charge < -0.3 is 5.32 Å². The van der Waals surface area contributed by atoms with Crippen molar-refractivity contribution >= 4 is 28.3 Å². The quantitative estimate of drug-likeness (QED) is 0.588. The van der Waals surface area contributed by atoms with Gasteiger partial charge in [0.1, 0.15) is 6.33 Å². The summed E-state index contributed by atoms with van der Waals surface area (Å²) in [6.45, 7) is 2.99. The van der Waals surface area contributed by atoms with Crippen molar-refractivity contribution in [3.63, 3.8) is 0 Å². The SMILES string of the molecule is CCCNc1nc(-c2cccs2)nc2c1ncn2-c1ccccc1. The molecule has 0 saturated heterocycles. The number of aromatic nitrogens is 4. The monoisotopic (exact) mass is 335 g/mol. The summed E-state index contributed by atoms with van der Waals surface area (Å²) in [5.74, 6) is 1.52. The van der Waals surface area contributed by atoms with Crippen LogP contribution in [-0.2, 0) is 0 Å². The van der Waals surface area contributed by atoms with Crippen molar-refractivity contribution in [3.8, 4) is 16.4 Å². The number of benzene rings is 1. The summed E-state index contributed by atoms with van der Waals surface area (Å²) in [4.78, 5) is 15.1. The van der Waals surface area contributed by atoms with Gasteiger partial charge in [0.15, 0.2) is 22.8 Å². The molecule has 0 aliphatic rings. The molecule has 0 spiro atoms. The largest absolute Gasteiger partial charge is 0.368 e. The van der Waals surface area contributed by atoms with Crippen LogP contribution in [0.2, 0.25) is 0 Å². The van der Waals surface area contributed by atoms with Gasteiger partial charge in [-0.05, 0) is 30.0 Å². The number of nitrogens with zero attached hydrogens (tertiary/aromatic N) is 4. The topological polar surface area (TPSA) is 55.6 Å². The van der Waals surface area contributed by atoms with Gasteiger partial charge in [0, 0.05) is 12.2 Å². The zero-order chi connectivity index (χ0) is 16.4. The van der Waals surface area contributed by atoms with E-state index in [-0.39, 0.29) is 0 Å². The molecule has 6 heteroatoms. The Kier molecular flexibility index (Phi) is 3.96. The van der Waals surface area contributed by atoms with E-state index in [4.69, 9.17) is 9.97 Å². The molecular formula is C18H17N5S. The molecule has 4 rings (SSSR count). The number of anilines is 1. The molecule has 0 atom stereocenters. The normalized spacial score (nSPS) is 11.0. The molecule has 0 aliphatic carbocycles. The summed E-state index contributed by atoms with van der Waals surface area (Å²) >= 11 is 1.64. The summed E-state index contributed by atoms with van der Waals surface area (Å²) in [7, 11) is 0. The van der Waals surface area contributed by atoms with Gasteiger partial charge in [-0.1, -0.05) is 31.2 Å². The first-order valence-corrected chi connectivity index (χ1v) is 8.83. The fraction of sp³-hybridized carbons (Fsp3) is 0.167. The smallest absolute Gasteiger partial charge is 0.174 e. The maximum atomic E-state index is 4.78. The Morgan fingerprint density at radius 3 is 2.71 bits per heavy atom. The van der Waals surface area contributed by atoms with Crippen molar-refractivity contribution in [3.05, 3.63) is 54.2 Å². The van der Waals surface area contributed by atoms with E-state index >= 15 is 0 Å². The maximum Gasteiger partial charge on any atom is 0.174 e. The molecule has 0 amide bonds. The third kappa shape index (κ3) is 2.65. The predicted molar refractivity (Wildman–Crippen MR) is 98.8 cm³/mol. The Labute approximate surface area is 144 Å². The van der Waals surface area contributed by atoms with Gasteiger partial charge >= 0.3 is 0 Å². The van der Waals surface area contributed by atoms with Crippen LogP contribution in [0.3, 0.4) is 0 Å². The lowest BCUT2D eigenvalue weighted by molar-refractivity contribution is 0.969. The van der Waals surface area contributed by atoms with Crippen molar-refractivity contribution in [2.24, 2.45) is 0 Å². The van der Waals surface area contributed by atoms with Crippen LogP contribution in [0.1, 0.15) is 13.3 Å². The number of para-hydroxylation sites is 1. The fourth-order valence-corrected chi connectivity index (χ4v) is 3.22. The zero-order valence-electron chi connectivity index (χ0n) is 13.3. The molecule has 24 heavy (non-hydrogen) atoms. The van der Waals surface area contributed by atoms with Crippen molar-refractivity contribution in [1.29, 1.82) is 0 Å². The number of fused-ring (bicyclic) bond motifs is 1. The lowest BCUT2D eigenvalue weighted by atomic mass is 10.3. The van der Waals surface area contributed by atoms with Crippen molar-refractivity contribution in [1.82, 2.24) is 19.5 Å². The van der Waals surface area contributed by atoms with E-state index in [2.05, 4.69) is 17.2 Å². The summed E-state index contributed by atoms with van der Waals surface area (Å²) in [5, 5.41) is 5.42. The van der Waals surface area contributed by atoms with Crippen molar-refractivity contribution in [2.45, 2.75) is 13.3 Å². The summed E-state index contributed by atoms with van der Waals surface area (Å²) in [6.07, 6.45) is 2.84. The Bertz CT molecular complexity index is 944. The molecule has 0 fully saturated rings. The second-order valence-corrected chi connectivity index (χ2v) is 6.37. The molecule has 0 bridgehead atoms. The van der Waals surface area contributed by atoms with E-state index in [1.807, 2.05) is 58.7 Å². The average molecular weight is 335 g/mol. The van der Waals surface area contributed by atoms with Gasteiger partial charge in [0.2, 0.25) is 0 Å². The van der Waals surface area contributed by atoms with Crippen molar-refractivity contribution in [2.75, 3.05) is 11.9 Å². The van der Waals surface area contributed by atoms with Crippen LogP contribution >= 0.6 is 11.3 Å². The van der Waals surface area contributed by atoms with E-state index in [0.717, 1.165) is 46.3 Å². The predicted octanol–water partition coefficient (Wildman–Crippen LogP) is 4.37. The standard InChI is InChI=1S/C18H17N5S/c1-2-10-19-17-15-18(22-16(21-17)14-9-6-11-24-14)23(12-20-15)13-7-4-3-5-8-13/h3-9,11-12H,2,10H2,1H3,(H,19,21,22). The summed E-state index contributed by atoms with van der Waals surface area (Å²) in [5.41, 5.74) is 2.66. The molecule has 3 heterocycles. The van der Waals surface area contributed by atoms with Crippen LogP contribution in [0.25, 0.3) is 27.6 Å². The molecule has 0 radical (unpaired) electrons. The van der Waals surface area contributed by atoms with Crippen LogP contribution in [0.5, 0.6) is 0 Å². The molecule has 1 aromatic carbocycles. The molecular weight excluding hydrogens is 318 g/mol. The summed E-state index contributed by atoms with van der Waals surface area (Å²) < 4.78 is 2.01. The second kappa shape index (κ2) is 6.41. The molecule has 0 aliphatic heterocycles. The highest BCUT2D eigenvalue weighted by Crippen LogP contribution is 2.28. The van der Waals surface area contributed by atoms with E-state index in [9.17, 15) is 0 Å². The lowest BCUT2D eigenvalue weighted by Gasteiger charge is -2.08. The van der Waals surface area contributed by atoms with Gasteiger partial charge in [-0.2, -0.15) is 0 Å². The van der Waals surface area contributed by atoms with Crippen LogP contribution in [0, 0.1) is 0 Å². The number of nitrogens with one attached hydrogen (secondary N) is 1. The minimum absolute atomic E-state index is 0.730. The van der Waals surface area contributed by atoms with Crippen LogP contribution in [0.15, 0.2) is 54.2 Å². The molecule has 4 aromatic rings. The molecule has 0 unspecified atom stereocenters. The maximum absolute atomic E-state index is 4.78. The molecule has 1 N–H and O–H groups in total. The Morgan fingerprint density at radius 2 is 1.96 bits per heavy atom.